The van der Waals surface area contributed by atoms with E-state index in [9.17, 15) is 4.79 Å². The summed E-state index contributed by atoms with van der Waals surface area (Å²) in [4.78, 5) is 16.5. The molecule has 0 fully saturated rings. The third-order valence-electron chi connectivity index (χ3n) is 3.29. The Morgan fingerprint density at radius 3 is 2.61 bits per heavy atom. The zero-order chi connectivity index (χ0) is 16.8. The first-order valence-electron chi connectivity index (χ1n) is 7.63. The number of aromatic nitrogens is 2. The van der Waals surface area contributed by atoms with E-state index >= 15 is 0 Å². The van der Waals surface area contributed by atoms with Crippen LogP contribution in [-0.2, 0) is 4.79 Å². The summed E-state index contributed by atoms with van der Waals surface area (Å²) in [6, 6.07) is 7.74. The van der Waals surface area contributed by atoms with Gasteiger partial charge in [0.1, 0.15) is 5.75 Å². The van der Waals surface area contributed by atoms with Crippen molar-refractivity contribution in [3.05, 3.63) is 36.7 Å². The second kappa shape index (κ2) is 8.06. The molecule has 6 heteroatoms. The molecule has 124 valence electrons. The molecule has 0 spiro atoms. The van der Waals surface area contributed by atoms with E-state index in [1.807, 2.05) is 42.0 Å². The fourth-order valence-electron chi connectivity index (χ4n) is 1.98. The predicted octanol–water partition coefficient (Wildman–Crippen LogP) is 3.13. The Labute approximate surface area is 141 Å². The largest absolute Gasteiger partial charge is 0.497 e. The lowest BCUT2D eigenvalue weighted by Crippen LogP contribution is -2.33. The van der Waals surface area contributed by atoms with Crippen LogP contribution in [0.15, 0.2) is 41.8 Å². The van der Waals surface area contributed by atoms with Crippen molar-refractivity contribution in [2.24, 2.45) is 5.92 Å². The second-order valence-corrected chi connectivity index (χ2v) is 6.98. The van der Waals surface area contributed by atoms with Crippen molar-refractivity contribution in [1.29, 1.82) is 0 Å². The number of carbonyl (C=O) groups is 1. The van der Waals surface area contributed by atoms with Crippen LogP contribution < -0.4 is 10.1 Å². The molecular formula is C17H23N3O2S. The van der Waals surface area contributed by atoms with Crippen LogP contribution in [0.2, 0.25) is 0 Å². The number of rotatable bonds is 7. The first-order valence-corrected chi connectivity index (χ1v) is 8.51. The molecule has 2 rings (SSSR count). The number of imidazole rings is 1. The Kier molecular flexibility index (Phi) is 6.10. The Balaban J connectivity index is 2.06. The highest BCUT2D eigenvalue weighted by Gasteiger charge is 2.17. The van der Waals surface area contributed by atoms with Gasteiger partial charge in [-0.3, -0.25) is 9.36 Å². The predicted molar refractivity (Wildman–Crippen MR) is 93.3 cm³/mol. The van der Waals surface area contributed by atoms with Crippen molar-refractivity contribution in [3.63, 3.8) is 0 Å². The third-order valence-corrected chi connectivity index (χ3v) is 4.37. The van der Waals surface area contributed by atoms with E-state index in [2.05, 4.69) is 24.1 Å². The van der Waals surface area contributed by atoms with Crippen molar-refractivity contribution < 1.29 is 9.53 Å². The quantitative estimate of drug-likeness (QED) is 0.791. The van der Waals surface area contributed by atoms with Gasteiger partial charge in [0.25, 0.3) is 0 Å². The number of thioether (sulfide) groups is 1. The van der Waals surface area contributed by atoms with Crippen molar-refractivity contribution in [2.75, 3.05) is 13.7 Å². The van der Waals surface area contributed by atoms with Gasteiger partial charge in [0.2, 0.25) is 5.91 Å². The fraction of sp³-hybridized carbons (Fsp3) is 0.412. The average Bonchev–Trinajstić information content (AvgIpc) is 3.00. The van der Waals surface area contributed by atoms with Crippen LogP contribution in [0.5, 0.6) is 5.75 Å². The van der Waals surface area contributed by atoms with Crippen LogP contribution in [0.3, 0.4) is 0 Å². The van der Waals surface area contributed by atoms with E-state index in [0.717, 1.165) is 16.6 Å². The highest BCUT2D eigenvalue weighted by Crippen LogP contribution is 2.25. The summed E-state index contributed by atoms with van der Waals surface area (Å²) in [5.74, 6) is 1.29. The van der Waals surface area contributed by atoms with E-state index in [4.69, 9.17) is 4.74 Å². The van der Waals surface area contributed by atoms with Crippen LogP contribution in [0.4, 0.5) is 0 Å². The van der Waals surface area contributed by atoms with Crippen molar-refractivity contribution >= 4 is 17.7 Å². The number of nitrogens with one attached hydrogen (secondary N) is 1. The Bertz CT molecular complexity index is 638. The van der Waals surface area contributed by atoms with Crippen LogP contribution in [-0.4, -0.2) is 34.4 Å². The molecule has 23 heavy (non-hydrogen) atoms. The Morgan fingerprint density at radius 2 is 2.00 bits per heavy atom. The zero-order valence-electron chi connectivity index (χ0n) is 13.9. The molecule has 0 bridgehead atoms. The number of ether oxygens (including phenoxy) is 1. The van der Waals surface area contributed by atoms with Crippen molar-refractivity contribution in [1.82, 2.24) is 14.9 Å². The molecule has 0 saturated carbocycles. The number of carbonyl (C=O) groups excluding carboxylic acids is 1. The van der Waals surface area contributed by atoms with Gasteiger partial charge < -0.3 is 10.1 Å². The maximum Gasteiger partial charge on any atom is 0.233 e. The number of nitrogens with zero attached hydrogens (tertiary/aromatic N) is 2. The molecule has 1 atom stereocenters. The third kappa shape index (κ3) is 4.76. The lowest BCUT2D eigenvalue weighted by molar-refractivity contribution is -0.120. The van der Waals surface area contributed by atoms with E-state index in [1.54, 1.807) is 13.3 Å². The van der Waals surface area contributed by atoms with Crippen LogP contribution in [0.25, 0.3) is 5.69 Å². The SMILES string of the molecule is COc1ccc(-n2ccnc2SC(C)C(=O)NCC(C)C)cc1. The minimum atomic E-state index is -0.201. The highest BCUT2D eigenvalue weighted by molar-refractivity contribution is 8.00. The summed E-state index contributed by atoms with van der Waals surface area (Å²) < 4.78 is 7.14. The van der Waals surface area contributed by atoms with E-state index < -0.39 is 0 Å². The Hall–Kier alpha value is -1.95. The lowest BCUT2D eigenvalue weighted by atomic mass is 10.2. The molecule has 0 aliphatic carbocycles. The van der Waals surface area contributed by atoms with Gasteiger partial charge in [-0.05, 0) is 37.1 Å². The number of methoxy groups -OCH3 is 1. The molecule has 0 aliphatic heterocycles. The van der Waals surface area contributed by atoms with Gasteiger partial charge in [-0.1, -0.05) is 25.6 Å². The van der Waals surface area contributed by atoms with E-state index in [1.165, 1.54) is 11.8 Å². The van der Waals surface area contributed by atoms with Crippen LogP contribution >= 0.6 is 11.8 Å². The van der Waals surface area contributed by atoms with Gasteiger partial charge >= 0.3 is 0 Å². The smallest absolute Gasteiger partial charge is 0.233 e. The summed E-state index contributed by atoms with van der Waals surface area (Å²) in [6.07, 6.45) is 3.63. The van der Waals surface area contributed by atoms with Crippen LogP contribution in [0.1, 0.15) is 20.8 Å². The molecule has 1 heterocycles. The standard InChI is InChI=1S/C17H23N3O2S/c1-12(2)11-19-16(21)13(3)23-17-18-9-10-20(17)14-5-7-15(22-4)8-6-14/h5-10,12-13H,11H2,1-4H3,(H,19,21). The normalized spacial score (nSPS) is 12.2. The average molecular weight is 333 g/mol. The topological polar surface area (TPSA) is 56.2 Å². The summed E-state index contributed by atoms with van der Waals surface area (Å²) in [5.41, 5.74) is 0.987. The summed E-state index contributed by atoms with van der Waals surface area (Å²) in [6.45, 7) is 6.74. The molecule has 1 aromatic heterocycles. The number of amides is 1. The first-order chi connectivity index (χ1) is 11.0. The van der Waals surface area contributed by atoms with Gasteiger partial charge in [0.15, 0.2) is 5.16 Å². The lowest BCUT2D eigenvalue weighted by Gasteiger charge is -2.14. The van der Waals surface area contributed by atoms with Gasteiger partial charge in [0, 0.05) is 24.6 Å². The molecule has 0 saturated heterocycles. The maximum atomic E-state index is 12.1. The minimum Gasteiger partial charge on any atom is -0.497 e. The number of hydrogen-bond acceptors (Lipinski definition) is 4. The molecule has 1 aromatic carbocycles. The molecule has 1 N–H and O–H groups in total. The summed E-state index contributed by atoms with van der Waals surface area (Å²) >= 11 is 1.45. The summed E-state index contributed by atoms with van der Waals surface area (Å²) in [5, 5.41) is 3.55. The van der Waals surface area contributed by atoms with E-state index in [-0.39, 0.29) is 11.2 Å². The maximum absolute atomic E-state index is 12.1. The van der Waals surface area contributed by atoms with Gasteiger partial charge in [-0.25, -0.2) is 4.98 Å². The van der Waals surface area contributed by atoms with Crippen molar-refractivity contribution in [2.45, 2.75) is 31.2 Å². The van der Waals surface area contributed by atoms with Gasteiger partial charge in [0.05, 0.1) is 12.4 Å². The molecule has 5 nitrogen and oxygen atoms in total. The zero-order valence-corrected chi connectivity index (χ0v) is 14.8. The van der Waals surface area contributed by atoms with Crippen molar-refractivity contribution in [3.8, 4) is 11.4 Å². The molecule has 0 aliphatic rings. The molecule has 2 aromatic rings. The molecule has 1 unspecified atom stereocenters. The highest BCUT2D eigenvalue weighted by atomic mass is 32.2. The molecule has 1 amide bonds. The molecule has 0 radical (unpaired) electrons. The van der Waals surface area contributed by atoms with E-state index in [0.29, 0.717) is 12.5 Å². The number of benzene rings is 1. The number of hydrogen-bond donors (Lipinski definition) is 1. The van der Waals surface area contributed by atoms with Gasteiger partial charge in [-0.2, -0.15) is 0 Å². The first kappa shape index (κ1) is 17.4. The summed E-state index contributed by atoms with van der Waals surface area (Å²) in [7, 11) is 1.64. The molecular weight excluding hydrogens is 310 g/mol. The fourth-order valence-corrected chi connectivity index (χ4v) is 2.88. The monoisotopic (exact) mass is 333 g/mol. The Morgan fingerprint density at radius 1 is 1.30 bits per heavy atom. The minimum absolute atomic E-state index is 0.0352. The second-order valence-electron chi connectivity index (χ2n) is 5.68. The van der Waals surface area contributed by atoms with Gasteiger partial charge in [-0.15, -0.1) is 0 Å². The van der Waals surface area contributed by atoms with Crippen LogP contribution in [0, 0.1) is 5.92 Å².